The Balaban J connectivity index is 2.00. The van der Waals surface area contributed by atoms with Crippen LogP contribution in [0, 0.1) is 5.82 Å². The third kappa shape index (κ3) is 2.35. The molecule has 2 aromatic heterocycles. The van der Waals surface area contributed by atoms with Crippen LogP contribution in [0.4, 0.5) is 4.39 Å². The van der Waals surface area contributed by atoms with E-state index in [1.807, 2.05) is 6.07 Å². The molecule has 2 heterocycles. The van der Waals surface area contributed by atoms with Gasteiger partial charge in [-0.15, -0.1) is 0 Å². The largest absolute Gasteiger partial charge is 0.478 e. The maximum absolute atomic E-state index is 13.0. The van der Waals surface area contributed by atoms with Crippen LogP contribution in [0.25, 0.3) is 11.1 Å². The van der Waals surface area contributed by atoms with E-state index < -0.39 is 11.8 Å². The van der Waals surface area contributed by atoms with Gasteiger partial charge >= 0.3 is 5.97 Å². The van der Waals surface area contributed by atoms with Crippen molar-refractivity contribution in [3.63, 3.8) is 0 Å². The number of nitrogens with zero attached hydrogens (tertiary/aromatic N) is 2. The van der Waals surface area contributed by atoms with Crippen LogP contribution in [0.2, 0.25) is 0 Å². The number of carboxylic acid groups (broad SMARTS) is 1. The Morgan fingerprint density at radius 1 is 1.35 bits per heavy atom. The quantitative estimate of drug-likeness (QED) is 0.798. The van der Waals surface area contributed by atoms with E-state index in [1.165, 1.54) is 0 Å². The minimum atomic E-state index is -1.25. The second-order valence-corrected chi connectivity index (χ2v) is 4.80. The maximum Gasteiger partial charge on any atom is 0.338 e. The maximum atomic E-state index is 13.0. The number of benzene rings is 1. The number of carbonyl (C=O) groups is 1. The molecule has 1 aromatic carbocycles. The van der Waals surface area contributed by atoms with E-state index in [9.17, 15) is 9.18 Å². The van der Waals surface area contributed by atoms with Crippen LogP contribution in [0.15, 0.2) is 51.2 Å². The summed E-state index contributed by atoms with van der Waals surface area (Å²) in [5, 5.41) is 9.42. The lowest BCUT2D eigenvalue weighted by Crippen LogP contribution is -2.01. The Hall–Kier alpha value is -2.41. The van der Waals surface area contributed by atoms with Gasteiger partial charge in [0.1, 0.15) is 16.4 Å². The van der Waals surface area contributed by atoms with Crippen LogP contribution in [-0.2, 0) is 0 Å². The number of halogens is 1. The number of hydrogen-bond donors (Lipinski definition) is 1. The van der Waals surface area contributed by atoms with Gasteiger partial charge in [-0.3, -0.25) is 0 Å². The van der Waals surface area contributed by atoms with E-state index in [2.05, 4.69) is 9.97 Å². The van der Waals surface area contributed by atoms with E-state index in [0.717, 1.165) is 24.0 Å². The van der Waals surface area contributed by atoms with E-state index in [1.54, 1.807) is 18.2 Å². The van der Waals surface area contributed by atoms with Crippen LogP contribution in [-0.4, -0.2) is 21.0 Å². The van der Waals surface area contributed by atoms with Crippen molar-refractivity contribution in [1.82, 2.24) is 9.97 Å². The van der Waals surface area contributed by atoms with Gasteiger partial charge < -0.3 is 9.52 Å². The predicted molar refractivity (Wildman–Crippen MR) is 69.3 cm³/mol. The summed E-state index contributed by atoms with van der Waals surface area (Å²) in [4.78, 5) is 19.0. The van der Waals surface area contributed by atoms with Gasteiger partial charge in [0, 0.05) is 0 Å². The fourth-order valence-corrected chi connectivity index (χ4v) is 2.44. The molecule has 0 aliphatic carbocycles. The van der Waals surface area contributed by atoms with Crippen LogP contribution < -0.4 is 0 Å². The SMILES string of the molecule is O=C(O)c1cc(F)cnc1Sc1nc2ccccc2o1. The molecule has 5 nitrogen and oxygen atoms in total. The molecule has 0 bridgehead atoms. The normalized spacial score (nSPS) is 10.8. The van der Waals surface area contributed by atoms with Crippen LogP contribution >= 0.6 is 11.8 Å². The summed E-state index contributed by atoms with van der Waals surface area (Å²) in [6.07, 6.45) is 0.956. The molecular formula is C13H7FN2O3S. The zero-order valence-corrected chi connectivity index (χ0v) is 10.7. The van der Waals surface area contributed by atoms with Gasteiger partial charge in [-0.25, -0.2) is 19.2 Å². The zero-order valence-electron chi connectivity index (χ0n) is 9.91. The van der Waals surface area contributed by atoms with E-state index in [4.69, 9.17) is 9.52 Å². The smallest absolute Gasteiger partial charge is 0.338 e. The molecule has 7 heteroatoms. The Bertz CT molecular complexity index is 770. The van der Waals surface area contributed by atoms with E-state index in [0.29, 0.717) is 11.1 Å². The number of carboxylic acids is 1. The third-order valence-electron chi connectivity index (χ3n) is 2.51. The van der Waals surface area contributed by atoms with E-state index in [-0.39, 0.29) is 15.8 Å². The lowest BCUT2D eigenvalue weighted by molar-refractivity contribution is 0.0691. The molecule has 0 spiro atoms. The number of para-hydroxylation sites is 2. The lowest BCUT2D eigenvalue weighted by Gasteiger charge is -2.01. The molecule has 0 radical (unpaired) electrons. The van der Waals surface area contributed by atoms with Crippen molar-refractivity contribution in [2.45, 2.75) is 10.2 Å². The van der Waals surface area contributed by atoms with Gasteiger partial charge in [0.25, 0.3) is 5.22 Å². The summed E-state index contributed by atoms with van der Waals surface area (Å²) in [5.41, 5.74) is 1.03. The number of pyridine rings is 1. The van der Waals surface area contributed by atoms with Gasteiger partial charge in [-0.2, -0.15) is 0 Å². The highest BCUT2D eigenvalue weighted by atomic mass is 32.2. The van der Waals surface area contributed by atoms with Crippen molar-refractivity contribution >= 4 is 28.8 Å². The second kappa shape index (κ2) is 4.93. The second-order valence-electron chi connectivity index (χ2n) is 3.86. The van der Waals surface area contributed by atoms with Crippen molar-refractivity contribution in [2.75, 3.05) is 0 Å². The first-order valence-corrected chi connectivity index (χ1v) is 6.37. The summed E-state index contributed by atoms with van der Waals surface area (Å²) in [6, 6.07) is 8.07. The average Bonchev–Trinajstić information content (AvgIpc) is 2.82. The minimum absolute atomic E-state index is 0.130. The van der Waals surface area contributed by atoms with Crippen molar-refractivity contribution in [3.8, 4) is 0 Å². The van der Waals surface area contributed by atoms with Gasteiger partial charge in [0.15, 0.2) is 5.58 Å². The van der Waals surface area contributed by atoms with Gasteiger partial charge in [-0.05, 0) is 30.0 Å². The van der Waals surface area contributed by atoms with Crippen molar-refractivity contribution in [2.24, 2.45) is 0 Å². The molecule has 0 saturated carbocycles. The fraction of sp³-hybridized carbons (Fsp3) is 0. The number of oxazole rings is 1. The molecule has 0 atom stereocenters. The molecular weight excluding hydrogens is 283 g/mol. The lowest BCUT2D eigenvalue weighted by atomic mass is 10.3. The molecule has 0 saturated heterocycles. The molecule has 0 amide bonds. The molecule has 0 aliphatic rings. The molecule has 1 N–H and O–H groups in total. The van der Waals surface area contributed by atoms with Crippen LogP contribution in [0.5, 0.6) is 0 Å². The highest BCUT2D eigenvalue weighted by Gasteiger charge is 2.17. The molecule has 0 unspecified atom stereocenters. The Morgan fingerprint density at radius 3 is 2.90 bits per heavy atom. The van der Waals surface area contributed by atoms with Crippen molar-refractivity contribution in [3.05, 3.63) is 47.9 Å². The van der Waals surface area contributed by atoms with Gasteiger partial charge in [0.05, 0.1) is 11.8 Å². The number of rotatable bonds is 3. The highest BCUT2D eigenvalue weighted by molar-refractivity contribution is 7.99. The summed E-state index contributed by atoms with van der Waals surface area (Å²) < 4.78 is 18.5. The molecule has 100 valence electrons. The molecule has 0 aliphatic heterocycles. The standard InChI is InChI=1S/C13H7FN2O3S/c14-7-5-8(12(17)18)11(15-6-7)20-13-16-9-3-1-2-4-10(9)19-13/h1-6H,(H,17,18). The Labute approximate surface area is 116 Å². The Morgan fingerprint density at radius 2 is 2.15 bits per heavy atom. The van der Waals surface area contributed by atoms with Crippen molar-refractivity contribution < 1.29 is 18.7 Å². The van der Waals surface area contributed by atoms with Gasteiger partial charge in [0.2, 0.25) is 0 Å². The fourth-order valence-electron chi connectivity index (χ4n) is 1.64. The van der Waals surface area contributed by atoms with Gasteiger partial charge in [-0.1, -0.05) is 12.1 Å². The monoisotopic (exact) mass is 290 g/mol. The zero-order chi connectivity index (χ0) is 14.1. The van der Waals surface area contributed by atoms with Crippen LogP contribution in [0.3, 0.4) is 0 Å². The first kappa shape index (κ1) is 12.6. The number of hydrogen-bond acceptors (Lipinski definition) is 5. The molecule has 3 rings (SSSR count). The third-order valence-corrected chi connectivity index (χ3v) is 3.37. The molecule has 3 aromatic rings. The average molecular weight is 290 g/mol. The molecule has 20 heavy (non-hydrogen) atoms. The number of aromatic carboxylic acids is 1. The highest BCUT2D eigenvalue weighted by Crippen LogP contribution is 2.30. The first-order valence-electron chi connectivity index (χ1n) is 5.56. The molecule has 0 fully saturated rings. The number of fused-ring (bicyclic) bond motifs is 1. The van der Waals surface area contributed by atoms with Crippen LogP contribution in [0.1, 0.15) is 10.4 Å². The number of aromatic nitrogens is 2. The van der Waals surface area contributed by atoms with Crippen molar-refractivity contribution in [1.29, 1.82) is 0 Å². The first-order chi connectivity index (χ1) is 9.63. The minimum Gasteiger partial charge on any atom is -0.478 e. The predicted octanol–water partition coefficient (Wildman–Crippen LogP) is 3.21. The summed E-state index contributed by atoms with van der Waals surface area (Å²) in [7, 11) is 0. The van der Waals surface area contributed by atoms with E-state index >= 15 is 0 Å². The summed E-state index contributed by atoms with van der Waals surface area (Å²) in [6.45, 7) is 0. The topological polar surface area (TPSA) is 76.2 Å². The summed E-state index contributed by atoms with van der Waals surface area (Å²) >= 11 is 0.941. The Kier molecular flexibility index (Phi) is 3.11. The summed E-state index contributed by atoms with van der Waals surface area (Å²) in [5.74, 6) is -1.96.